The molecule has 78 valence electrons. The van der Waals surface area contributed by atoms with E-state index in [0.29, 0.717) is 5.75 Å². The first-order valence-corrected chi connectivity index (χ1v) is 5.55. The fourth-order valence-electron chi connectivity index (χ4n) is 1.34. The zero-order valence-electron chi connectivity index (χ0n) is 9.12. The minimum atomic E-state index is 0.0485. The van der Waals surface area contributed by atoms with Gasteiger partial charge in [0.15, 0.2) is 0 Å². The summed E-state index contributed by atoms with van der Waals surface area (Å²) in [4.78, 5) is 0. The van der Waals surface area contributed by atoms with E-state index < -0.39 is 0 Å². The fraction of sp³-hybridized carbons (Fsp3) is 0.500. The number of thiol groups is 1. The van der Waals surface area contributed by atoms with Crippen molar-refractivity contribution in [2.75, 3.05) is 5.75 Å². The Morgan fingerprint density at radius 3 is 2.07 bits per heavy atom. The summed E-state index contributed by atoms with van der Waals surface area (Å²) < 4.78 is 0. The van der Waals surface area contributed by atoms with E-state index in [2.05, 4.69) is 57.7 Å². The number of hydrogen-bond donors (Lipinski definition) is 2. The Bertz CT molecular complexity index is 284. The molecular weight excluding hydrogens is 190 g/mol. The molecule has 0 saturated heterocycles. The third-order valence-electron chi connectivity index (χ3n) is 2.40. The average molecular weight is 209 g/mol. The van der Waals surface area contributed by atoms with Gasteiger partial charge in [0.1, 0.15) is 0 Å². The van der Waals surface area contributed by atoms with Crippen LogP contribution in [0.25, 0.3) is 0 Å². The molecular formula is C12H19NS. The molecule has 0 aromatic heterocycles. The van der Waals surface area contributed by atoms with Crippen LogP contribution >= 0.6 is 12.6 Å². The summed E-state index contributed by atoms with van der Waals surface area (Å²) in [7, 11) is 0. The van der Waals surface area contributed by atoms with Gasteiger partial charge in [-0.05, 0) is 16.5 Å². The van der Waals surface area contributed by atoms with Gasteiger partial charge in [0.05, 0.1) is 0 Å². The van der Waals surface area contributed by atoms with Crippen molar-refractivity contribution in [3.05, 3.63) is 35.4 Å². The van der Waals surface area contributed by atoms with Gasteiger partial charge in [0.2, 0.25) is 0 Å². The number of rotatable bonds is 2. The smallest absolute Gasteiger partial charge is 0.0384 e. The zero-order chi connectivity index (χ0) is 10.8. The highest BCUT2D eigenvalue weighted by atomic mass is 32.1. The molecule has 0 heterocycles. The third-order valence-corrected chi connectivity index (χ3v) is 2.79. The van der Waals surface area contributed by atoms with Crippen LogP contribution in [0.5, 0.6) is 0 Å². The van der Waals surface area contributed by atoms with Crippen molar-refractivity contribution in [1.29, 1.82) is 0 Å². The first kappa shape index (κ1) is 11.6. The lowest BCUT2D eigenvalue weighted by Crippen LogP contribution is -2.14. The van der Waals surface area contributed by atoms with Gasteiger partial charge < -0.3 is 5.73 Å². The standard InChI is InChI=1S/C12H19NS/c1-12(2,3)10-6-4-9(5-7-10)11(13)8-14/h4-7,11,14H,8,13H2,1-3H3. The number of benzene rings is 1. The zero-order valence-corrected chi connectivity index (χ0v) is 10.0. The second-order valence-electron chi connectivity index (χ2n) is 4.66. The van der Waals surface area contributed by atoms with Crippen LogP contribution in [0.1, 0.15) is 37.9 Å². The van der Waals surface area contributed by atoms with E-state index in [1.807, 2.05) is 0 Å². The highest BCUT2D eigenvalue weighted by molar-refractivity contribution is 7.80. The Hall–Kier alpha value is -0.470. The molecule has 1 rings (SSSR count). The van der Waals surface area contributed by atoms with E-state index in [1.54, 1.807) is 0 Å². The van der Waals surface area contributed by atoms with Crippen molar-refractivity contribution in [3.63, 3.8) is 0 Å². The van der Waals surface area contributed by atoms with Gasteiger partial charge in [-0.1, -0.05) is 45.0 Å². The number of nitrogens with two attached hydrogens (primary N) is 1. The molecule has 0 amide bonds. The molecule has 0 aliphatic heterocycles. The Morgan fingerprint density at radius 2 is 1.71 bits per heavy atom. The summed E-state index contributed by atoms with van der Waals surface area (Å²) in [6.45, 7) is 6.63. The molecule has 0 bridgehead atoms. The molecule has 0 aliphatic carbocycles. The second-order valence-corrected chi connectivity index (χ2v) is 5.03. The molecule has 0 spiro atoms. The van der Waals surface area contributed by atoms with Crippen molar-refractivity contribution in [2.24, 2.45) is 5.73 Å². The molecule has 1 atom stereocenters. The average Bonchev–Trinajstić information content (AvgIpc) is 2.15. The van der Waals surface area contributed by atoms with Crippen molar-refractivity contribution >= 4 is 12.6 Å². The van der Waals surface area contributed by atoms with Crippen LogP contribution in [0.4, 0.5) is 0 Å². The van der Waals surface area contributed by atoms with Crippen LogP contribution in [0.15, 0.2) is 24.3 Å². The highest BCUT2D eigenvalue weighted by Crippen LogP contribution is 2.23. The monoisotopic (exact) mass is 209 g/mol. The van der Waals surface area contributed by atoms with Gasteiger partial charge in [-0.2, -0.15) is 12.6 Å². The van der Waals surface area contributed by atoms with Gasteiger partial charge >= 0.3 is 0 Å². The maximum absolute atomic E-state index is 5.88. The SMILES string of the molecule is CC(C)(C)c1ccc(C(N)CS)cc1. The Kier molecular flexibility index (Phi) is 3.62. The van der Waals surface area contributed by atoms with E-state index in [0.717, 1.165) is 5.56 Å². The van der Waals surface area contributed by atoms with E-state index in [1.165, 1.54) is 5.56 Å². The molecule has 0 radical (unpaired) electrons. The molecule has 14 heavy (non-hydrogen) atoms. The van der Waals surface area contributed by atoms with Crippen LogP contribution in [0, 0.1) is 0 Å². The maximum Gasteiger partial charge on any atom is 0.0384 e. The maximum atomic E-state index is 5.88. The lowest BCUT2D eigenvalue weighted by atomic mass is 9.86. The first-order chi connectivity index (χ1) is 6.45. The van der Waals surface area contributed by atoms with Crippen LogP contribution in [0.2, 0.25) is 0 Å². The molecule has 1 aromatic rings. The Labute approximate surface area is 92.1 Å². The van der Waals surface area contributed by atoms with Crippen molar-refractivity contribution in [2.45, 2.75) is 32.2 Å². The molecule has 0 aliphatic rings. The first-order valence-electron chi connectivity index (χ1n) is 4.92. The Balaban J connectivity index is 2.89. The van der Waals surface area contributed by atoms with E-state index >= 15 is 0 Å². The molecule has 0 fully saturated rings. The highest BCUT2D eigenvalue weighted by Gasteiger charge is 2.13. The van der Waals surface area contributed by atoms with Gasteiger partial charge in [0.25, 0.3) is 0 Å². The predicted octanol–water partition coefficient (Wildman–Crippen LogP) is 2.91. The summed E-state index contributed by atoms with van der Waals surface area (Å²) in [6, 6.07) is 8.55. The van der Waals surface area contributed by atoms with E-state index in [-0.39, 0.29) is 11.5 Å². The lowest BCUT2D eigenvalue weighted by Gasteiger charge is -2.19. The van der Waals surface area contributed by atoms with E-state index in [9.17, 15) is 0 Å². The summed E-state index contributed by atoms with van der Waals surface area (Å²) in [5.41, 5.74) is 8.59. The molecule has 2 N–H and O–H groups in total. The van der Waals surface area contributed by atoms with Crippen molar-refractivity contribution in [3.8, 4) is 0 Å². The van der Waals surface area contributed by atoms with Gasteiger partial charge in [-0.3, -0.25) is 0 Å². The third kappa shape index (κ3) is 2.76. The van der Waals surface area contributed by atoms with Gasteiger partial charge in [-0.15, -0.1) is 0 Å². The number of hydrogen-bond acceptors (Lipinski definition) is 2. The second kappa shape index (κ2) is 4.37. The minimum Gasteiger partial charge on any atom is -0.323 e. The molecule has 0 saturated carbocycles. The van der Waals surface area contributed by atoms with Crippen molar-refractivity contribution in [1.82, 2.24) is 0 Å². The minimum absolute atomic E-state index is 0.0485. The molecule has 2 heteroatoms. The normalized spacial score (nSPS) is 14.1. The molecule has 1 unspecified atom stereocenters. The van der Waals surface area contributed by atoms with E-state index in [4.69, 9.17) is 5.73 Å². The van der Waals surface area contributed by atoms with Crippen LogP contribution in [0.3, 0.4) is 0 Å². The predicted molar refractivity (Wildman–Crippen MR) is 65.9 cm³/mol. The summed E-state index contributed by atoms with van der Waals surface area (Å²) in [6.07, 6.45) is 0. The largest absolute Gasteiger partial charge is 0.323 e. The molecule has 1 nitrogen and oxygen atoms in total. The van der Waals surface area contributed by atoms with Gasteiger partial charge in [-0.25, -0.2) is 0 Å². The summed E-state index contributed by atoms with van der Waals surface area (Å²) in [5, 5.41) is 0. The van der Waals surface area contributed by atoms with Gasteiger partial charge in [0, 0.05) is 11.8 Å². The fourth-order valence-corrected chi connectivity index (χ4v) is 1.55. The van der Waals surface area contributed by atoms with Crippen molar-refractivity contribution < 1.29 is 0 Å². The lowest BCUT2D eigenvalue weighted by molar-refractivity contribution is 0.589. The van der Waals surface area contributed by atoms with Crippen LogP contribution in [-0.4, -0.2) is 5.75 Å². The van der Waals surface area contributed by atoms with Crippen LogP contribution in [-0.2, 0) is 5.41 Å². The Morgan fingerprint density at radius 1 is 1.21 bits per heavy atom. The molecule has 1 aromatic carbocycles. The van der Waals surface area contributed by atoms with Crippen LogP contribution < -0.4 is 5.73 Å². The summed E-state index contributed by atoms with van der Waals surface area (Å²) in [5.74, 6) is 0.689. The summed E-state index contributed by atoms with van der Waals surface area (Å²) >= 11 is 4.18. The topological polar surface area (TPSA) is 26.0 Å². The quantitative estimate of drug-likeness (QED) is 0.720.